The molecule has 0 saturated carbocycles. The summed E-state index contributed by atoms with van der Waals surface area (Å²) >= 11 is 0. The van der Waals surface area contributed by atoms with Gasteiger partial charge in [0.15, 0.2) is 11.5 Å². The molecule has 0 radical (unpaired) electrons. The van der Waals surface area contributed by atoms with Crippen molar-refractivity contribution in [2.24, 2.45) is 0 Å². The van der Waals surface area contributed by atoms with Crippen molar-refractivity contribution in [3.63, 3.8) is 0 Å². The number of fused-ring (bicyclic) bond motifs is 1. The van der Waals surface area contributed by atoms with Gasteiger partial charge in [-0.05, 0) is 33.2 Å². The van der Waals surface area contributed by atoms with Gasteiger partial charge >= 0.3 is 0 Å². The molecule has 0 spiro atoms. The Kier molecular flexibility index (Phi) is 1.97. The van der Waals surface area contributed by atoms with Crippen molar-refractivity contribution < 1.29 is 0 Å². The van der Waals surface area contributed by atoms with Crippen LogP contribution in [0.5, 0.6) is 0 Å². The van der Waals surface area contributed by atoms with Gasteiger partial charge < -0.3 is 5.32 Å². The second kappa shape index (κ2) is 3.25. The van der Waals surface area contributed by atoms with Gasteiger partial charge in [-0.3, -0.25) is 4.40 Å². The summed E-state index contributed by atoms with van der Waals surface area (Å²) in [5.74, 6) is 0.965. The highest BCUT2D eigenvalue weighted by molar-refractivity contribution is 5.39. The molecule has 1 unspecified atom stereocenters. The smallest absolute Gasteiger partial charge is 0.163 e. The van der Waals surface area contributed by atoms with E-state index < -0.39 is 0 Å². The van der Waals surface area contributed by atoms with E-state index in [1.165, 1.54) is 6.42 Å². The summed E-state index contributed by atoms with van der Waals surface area (Å²) in [6.07, 6.45) is 4.09. The minimum absolute atomic E-state index is 0.0592. The van der Waals surface area contributed by atoms with Crippen molar-refractivity contribution in [1.82, 2.24) is 24.9 Å². The van der Waals surface area contributed by atoms with Crippen LogP contribution in [0.4, 0.5) is 0 Å². The van der Waals surface area contributed by atoms with E-state index in [2.05, 4.69) is 27.4 Å². The molecule has 5 nitrogen and oxygen atoms in total. The van der Waals surface area contributed by atoms with Gasteiger partial charge in [0, 0.05) is 11.8 Å². The van der Waals surface area contributed by atoms with Crippen LogP contribution in [0.15, 0.2) is 12.4 Å². The Labute approximate surface area is 93.9 Å². The standard InChI is InChI=1S/C11H15N5/c1-8-6-9-14-15-10(16(9)7-12-8)11(2)4-3-5-13-11/h6-7,13H,3-5H2,1-2H3. The Morgan fingerprint density at radius 1 is 1.44 bits per heavy atom. The molecule has 0 amide bonds. The second-order valence-corrected chi connectivity index (χ2v) is 4.64. The Hall–Kier alpha value is -1.49. The first-order valence-corrected chi connectivity index (χ1v) is 5.62. The van der Waals surface area contributed by atoms with Crippen LogP contribution < -0.4 is 5.32 Å². The number of aryl methyl sites for hydroxylation is 1. The Bertz CT molecular complexity index is 524. The lowest BCUT2D eigenvalue weighted by Gasteiger charge is -2.21. The molecule has 0 bridgehead atoms. The zero-order chi connectivity index (χ0) is 11.2. The van der Waals surface area contributed by atoms with Crippen molar-refractivity contribution in [3.05, 3.63) is 23.9 Å². The maximum absolute atomic E-state index is 4.30. The third-order valence-corrected chi connectivity index (χ3v) is 3.30. The Balaban J connectivity index is 2.17. The highest BCUT2D eigenvalue weighted by atomic mass is 15.3. The predicted molar refractivity (Wildman–Crippen MR) is 60.1 cm³/mol. The molecule has 1 fully saturated rings. The fraction of sp³-hybridized carbons (Fsp3) is 0.545. The van der Waals surface area contributed by atoms with Crippen LogP contribution in [-0.4, -0.2) is 26.1 Å². The van der Waals surface area contributed by atoms with Crippen molar-refractivity contribution >= 4 is 5.65 Å². The molecule has 3 rings (SSSR count). The van der Waals surface area contributed by atoms with E-state index in [1.807, 2.05) is 23.7 Å². The quantitative estimate of drug-likeness (QED) is 0.775. The molecule has 16 heavy (non-hydrogen) atoms. The molecule has 84 valence electrons. The Morgan fingerprint density at radius 3 is 3.06 bits per heavy atom. The van der Waals surface area contributed by atoms with Crippen LogP contribution in [0.2, 0.25) is 0 Å². The third-order valence-electron chi connectivity index (χ3n) is 3.30. The highest BCUT2D eigenvalue weighted by Gasteiger charge is 2.34. The topological polar surface area (TPSA) is 55.1 Å². The number of nitrogens with zero attached hydrogens (tertiary/aromatic N) is 4. The van der Waals surface area contributed by atoms with E-state index in [9.17, 15) is 0 Å². The number of hydrogen-bond donors (Lipinski definition) is 1. The van der Waals surface area contributed by atoms with E-state index in [1.54, 1.807) is 0 Å². The molecule has 1 aliphatic heterocycles. The zero-order valence-corrected chi connectivity index (χ0v) is 9.56. The van der Waals surface area contributed by atoms with E-state index in [-0.39, 0.29) is 5.54 Å². The first-order valence-electron chi connectivity index (χ1n) is 5.62. The van der Waals surface area contributed by atoms with Gasteiger partial charge in [-0.1, -0.05) is 0 Å². The minimum atomic E-state index is -0.0592. The molecular weight excluding hydrogens is 202 g/mol. The van der Waals surface area contributed by atoms with Crippen molar-refractivity contribution in [1.29, 1.82) is 0 Å². The first-order chi connectivity index (χ1) is 7.69. The maximum Gasteiger partial charge on any atom is 0.163 e. The molecule has 3 heterocycles. The summed E-state index contributed by atoms with van der Waals surface area (Å²) in [4.78, 5) is 4.30. The van der Waals surface area contributed by atoms with Crippen LogP contribution in [0.3, 0.4) is 0 Å². The zero-order valence-electron chi connectivity index (χ0n) is 9.56. The lowest BCUT2D eigenvalue weighted by molar-refractivity contribution is 0.402. The summed E-state index contributed by atoms with van der Waals surface area (Å²) in [6, 6.07) is 1.95. The van der Waals surface area contributed by atoms with Crippen molar-refractivity contribution in [2.45, 2.75) is 32.2 Å². The SMILES string of the molecule is Cc1cc2nnc(C3(C)CCCN3)n2cn1. The fourth-order valence-electron chi connectivity index (χ4n) is 2.35. The minimum Gasteiger partial charge on any atom is -0.305 e. The van der Waals surface area contributed by atoms with Crippen LogP contribution in [0.1, 0.15) is 31.3 Å². The number of rotatable bonds is 1. The van der Waals surface area contributed by atoms with Gasteiger partial charge in [-0.15, -0.1) is 10.2 Å². The number of hydrogen-bond acceptors (Lipinski definition) is 4. The summed E-state index contributed by atoms with van der Waals surface area (Å²) in [6.45, 7) is 5.19. The fourth-order valence-corrected chi connectivity index (χ4v) is 2.35. The van der Waals surface area contributed by atoms with Gasteiger partial charge in [-0.25, -0.2) is 4.98 Å². The van der Waals surface area contributed by atoms with Gasteiger partial charge in [0.25, 0.3) is 0 Å². The summed E-state index contributed by atoms with van der Waals surface area (Å²) < 4.78 is 1.98. The maximum atomic E-state index is 4.30. The largest absolute Gasteiger partial charge is 0.305 e. The molecule has 1 aliphatic rings. The Morgan fingerprint density at radius 2 is 2.31 bits per heavy atom. The average molecular weight is 217 g/mol. The van der Waals surface area contributed by atoms with E-state index >= 15 is 0 Å². The molecule has 1 N–H and O–H groups in total. The monoisotopic (exact) mass is 217 g/mol. The van der Waals surface area contributed by atoms with Crippen molar-refractivity contribution in [2.75, 3.05) is 6.54 Å². The number of nitrogens with one attached hydrogen (secondary N) is 1. The first kappa shape index (κ1) is 9.72. The summed E-state index contributed by atoms with van der Waals surface area (Å²) in [5, 5.41) is 12.0. The molecule has 5 heteroatoms. The number of aromatic nitrogens is 4. The lowest BCUT2D eigenvalue weighted by atomic mass is 10.00. The highest BCUT2D eigenvalue weighted by Crippen LogP contribution is 2.28. The molecular formula is C11H15N5. The van der Waals surface area contributed by atoms with Crippen LogP contribution >= 0.6 is 0 Å². The molecule has 2 aromatic rings. The second-order valence-electron chi connectivity index (χ2n) is 4.64. The van der Waals surface area contributed by atoms with Gasteiger partial charge in [0.1, 0.15) is 6.33 Å². The van der Waals surface area contributed by atoms with Gasteiger partial charge in [0.05, 0.1) is 5.54 Å². The van der Waals surface area contributed by atoms with E-state index in [0.717, 1.165) is 30.1 Å². The molecule has 0 aliphatic carbocycles. The lowest BCUT2D eigenvalue weighted by Crippen LogP contribution is -2.35. The van der Waals surface area contributed by atoms with Crippen LogP contribution in [0, 0.1) is 6.92 Å². The van der Waals surface area contributed by atoms with Crippen LogP contribution in [0.25, 0.3) is 5.65 Å². The molecule has 2 aromatic heterocycles. The predicted octanol–water partition coefficient (Wildman–Crippen LogP) is 1.03. The van der Waals surface area contributed by atoms with Crippen LogP contribution in [-0.2, 0) is 5.54 Å². The van der Waals surface area contributed by atoms with Gasteiger partial charge in [0.2, 0.25) is 0 Å². The molecule has 1 atom stereocenters. The normalized spacial score (nSPS) is 25.4. The van der Waals surface area contributed by atoms with E-state index in [0.29, 0.717) is 0 Å². The molecule has 0 aromatic carbocycles. The van der Waals surface area contributed by atoms with Gasteiger partial charge in [-0.2, -0.15) is 0 Å². The molecule has 1 saturated heterocycles. The summed E-state index contributed by atoms with van der Waals surface area (Å²) in [5.41, 5.74) is 1.78. The van der Waals surface area contributed by atoms with E-state index in [4.69, 9.17) is 0 Å². The third kappa shape index (κ3) is 1.31. The summed E-state index contributed by atoms with van der Waals surface area (Å²) in [7, 11) is 0. The van der Waals surface area contributed by atoms with Crippen molar-refractivity contribution in [3.8, 4) is 0 Å². The average Bonchev–Trinajstić information content (AvgIpc) is 2.84.